The second-order valence-corrected chi connectivity index (χ2v) is 6.92. The third kappa shape index (κ3) is 4.58. The normalized spacial score (nSPS) is 13.8. The molecule has 1 saturated carbocycles. The van der Waals surface area contributed by atoms with Crippen molar-refractivity contribution in [2.45, 2.75) is 25.4 Å². The van der Waals surface area contributed by atoms with Crippen LogP contribution in [0.25, 0.3) is 0 Å². The molecule has 0 radical (unpaired) electrons. The van der Waals surface area contributed by atoms with Gasteiger partial charge in [0, 0.05) is 28.3 Å². The van der Waals surface area contributed by atoms with E-state index in [4.69, 9.17) is 4.74 Å². The quantitative estimate of drug-likeness (QED) is 0.777. The number of rotatable bonds is 7. The smallest absolute Gasteiger partial charge is 0.238 e. The molecule has 2 aromatic carbocycles. The second kappa shape index (κ2) is 7.81. The Labute approximate surface area is 150 Å². The number of anilines is 1. The van der Waals surface area contributed by atoms with E-state index in [1.54, 1.807) is 7.11 Å². The summed E-state index contributed by atoms with van der Waals surface area (Å²) in [5.74, 6) is 0.885. The van der Waals surface area contributed by atoms with Crippen molar-refractivity contribution in [2.24, 2.45) is 0 Å². The molecular formula is C19H21BrN2O2. The summed E-state index contributed by atoms with van der Waals surface area (Å²) in [6.45, 7) is 1.11. The predicted octanol–water partition coefficient (Wildman–Crippen LogP) is 4.06. The van der Waals surface area contributed by atoms with Crippen molar-refractivity contribution in [2.75, 3.05) is 19.0 Å². The number of nitrogens with zero attached hydrogens (tertiary/aromatic N) is 1. The van der Waals surface area contributed by atoms with Gasteiger partial charge in [-0.25, -0.2) is 0 Å². The molecule has 5 heteroatoms. The van der Waals surface area contributed by atoms with Crippen molar-refractivity contribution >= 4 is 27.5 Å². The van der Waals surface area contributed by atoms with Crippen LogP contribution >= 0.6 is 15.9 Å². The van der Waals surface area contributed by atoms with Crippen LogP contribution in [0.2, 0.25) is 0 Å². The van der Waals surface area contributed by atoms with Crippen LogP contribution in [0.1, 0.15) is 18.4 Å². The van der Waals surface area contributed by atoms with Crippen molar-refractivity contribution in [3.8, 4) is 5.75 Å². The largest absolute Gasteiger partial charge is 0.496 e. The summed E-state index contributed by atoms with van der Waals surface area (Å²) >= 11 is 3.40. The lowest BCUT2D eigenvalue weighted by Gasteiger charge is -2.22. The molecule has 3 rings (SSSR count). The molecule has 24 heavy (non-hydrogen) atoms. The summed E-state index contributed by atoms with van der Waals surface area (Å²) in [6, 6.07) is 16.1. The first-order chi connectivity index (χ1) is 11.7. The third-order valence-electron chi connectivity index (χ3n) is 4.10. The van der Waals surface area contributed by atoms with Gasteiger partial charge in [-0.1, -0.05) is 34.1 Å². The number of para-hydroxylation sites is 1. The molecule has 0 unspecified atom stereocenters. The Morgan fingerprint density at radius 3 is 2.58 bits per heavy atom. The second-order valence-electron chi connectivity index (χ2n) is 6.00. The number of carbonyl (C=O) groups is 1. The van der Waals surface area contributed by atoms with E-state index in [1.165, 1.54) is 0 Å². The summed E-state index contributed by atoms with van der Waals surface area (Å²) in [6.07, 6.45) is 2.31. The topological polar surface area (TPSA) is 41.6 Å². The van der Waals surface area contributed by atoms with Crippen molar-refractivity contribution in [3.63, 3.8) is 0 Å². The Bertz CT molecular complexity index is 699. The molecule has 4 nitrogen and oxygen atoms in total. The lowest BCUT2D eigenvalue weighted by Crippen LogP contribution is -2.34. The highest BCUT2D eigenvalue weighted by atomic mass is 79.9. The van der Waals surface area contributed by atoms with Gasteiger partial charge in [0.05, 0.1) is 13.7 Å². The molecule has 0 bridgehead atoms. The van der Waals surface area contributed by atoms with Crippen LogP contribution < -0.4 is 10.1 Å². The van der Waals surface area contributed by atoms with Gasteiger partial charge in [-0.05, 0) is 43.2 Å². The SMILES string of the molecule is COc1ccccc1CN(CC(=O)Nc1ccc(Br)cc1)C1CC1. The number of carbonyl (C=O) groups excluding carboxylic acids is 1. The fourth-order valence-corrected chi connectivity index (χ4v) is 2.99. The maximum atomic E-state index is 12.4. The van der Waals surface area contributed by atoms with Gasteiger partial charge in [-0.3, -0.25) is 9.69 Å². The molecule has 0 aliphatic heterocycles. The minimum absolute atomic E-state index is 0.0131. The molecule has 2 aromatic rings. The van der Waals surface area contributed by atoms with Crippen LogP contribution in [-0.2, 0) is 11.3 Å². The van der Waals surface area contributed by atoms with Crippen LogP contribution in [-0.4, -0.2) is 30.5 Å². The average molecular weight is 389 g/mol. The van der Waals surface area contributed by atoms with Crippen LogP contribution in [0, 0.1) is 0 Å². The van der Waals surface area contributed by atoms with Gasteiger partial charge in [-0.15, -0.1) is 0 Å². The van der Waals surface area contributed by atoms with Crippen molar-refractivity contribution in [3.05, 3.63) is 58.6 Å². The molecule has 1 N–H and O–H groups in total. The number of nitrogens with one attached hydrogen (secondary N) is 1. The van der Waals surface area contributed by atoms with Crippen LogP contribution in [0.5, 0.6) is 5.75 Å². The van der Waals surface area contributed by atoms with E-state index >= 15 is 0 Å². The molecule has 1 amide bonds. The minimum Gasteiger partial charge on any atom is -0.496 e. The van der Waals surface area contributed by atoms with E-state index in [0.717, 1.165) is 40.9 Å². The number of amides is 1. The third-order valence-corrected chi connectivity index (χ3v) is 4.63. The summed E-state index contributed by atoms with van der Waals surface area (Å²) in [4.78, 5) is 14.6. The van der Waals surface area contributed by atoms with Gasteiger partial charge in [-0.2, -0.15) is 0 Å². The Morgan fingerprint density at radius 2 is 1.92 bits per heavy atom. The highest BCUT2D eigenvalue weighted by Crippen LogP contribution is 2.30. The van der Waals surface area contributed by atoms with Crippen molar-refractivity contribution in [1.82, 2.24) is 4.90 Å². The van der Waals surface area contributed by atoms with Crippen LogP contribution in [0.15, 0.2) is 53.0 Å². The van der Waals surface area contributed by atoms with Gasteiger partial charge < -0.3 is 10.1 Å². The molecule has 0 atom stereocenters. The zero-order valence-electron chi connectivity index (χ0n) is 13.7. The van der Waals surface area contributed by atoms with E-state index in [9.17, 15) is 4.79 Å². The molecule has 0 saturated heterocycles. The van der Waals surface area contributed by atoms with Gasteiger partial charge in [0.25, 0.3) is 0 Å². The fourth-order valence-electron chi connectivity index (χ4n) is 2.72. The number of ether oxygens (including phenoxy) is 1. The highest BCUT2D eigenvalue weighted by molar-refractivity contribution is 9.10. The molecule has 1 aliphatic rings. The maximum absolute atomic E-state index is 12.4. The van der Waals surface area contributed by atoms with Gasteiger partial charge in [0.2, 0.25) is 5.91 Å². The first kappa shape index (κ1) is 17.0. The summed E-state index contributed by atoms with van der Waals surface area (Å²) in [7, 11) is 1.68. The van der Waals surface area contributed by atoms with Crippen molar-refractivity contribution < 1.29 is 9.53 Å². The number of methoxy groups -OCH3 is 1. The number of hydrogen-bond acceptors (Lipinski definition) is 3. The van der Waals surface area contributed by atoms with Crippen LogP contribution in [0.3, 0.4) is 0 Å². The fraction of sp³-hybridized carbons (Fsp3) is 0.316. The first-order valence-corrected chi connectivity index (χ1v) is 8.86. The molecule has 1 aliphatic carbocycles. The molecule has 0 heterocycles. The zero-order chi connectivity index (χ0) is 16.9. The van der Waals surface area contributed by atoms with E-state index in [-0.39, 0.29) is 5.91 Å². The Morgan fingerprint density at radius 1 is 1.21 bits per heavy atom. The van der Waals surface area contributed by atoms with E-state index in [2.05, 4.69) is 32.2 Å². The Kier molecular flexibility index (Phi) is 5.53. The maximum Gasteiger partial charge on any atom is 0.238 e. The van der Waals surface area contributed by atoms with Gasteiger partial charge >= 0.3 is 0 Å². The lowest BCUT2D eigenvalue weighted by molar-refractivity contribution is -0.117. The zero-order valence-corrected chi connectivity index (χ0v) is 15.3. The Balaban J connectivity index is 1.63. The molecule has 0 spiro atoms. The molecule has 1 fully saturated rings. The van der Waals surface area contributed by atoms with Gasteiger partial charge in [0.1, 0.15) is 5.75 Å². The monoisotopic (exact) mass is 388 g/mol. The average Bonchev–Trinajstić information content (AvgIpc) is 3.42. The first-order valence-electron chi connectivity index (χ1n) is 8.07. The number of hydrogen-bond donors (Lipinski definition) is 1. The lowest BCUT2D eigenvalue weighted by atomic mass is 10.2. The molecular weight excluding hydrogens is 368 g/mol. The number of benzene rings is 2. The highest BCUT2D eigenvalue weighted by Gasteiger charge is 2.30. The minimum atomic E-state index is 0.0131. The van der Waals surface area contributed by atoms with Crippen molar-refractivity contribution in [1.29, 1.82) is 0 Å². The molecule has 0 aromatic heterocycles. The van der Waals surface area contributed by atoms with Gasteiger partial charge in [0.15, 0.2) is 0 Å². The summed E-state index contributed by atoms with van der Waals surface area (Å²) < 4.78 is 6.42. The Hall–Kier alpha value is -1.85. The van der Waals surface area contributed by atoms with E-state index < -0.39 is 0 Å². The van der Waals surface area contributed by atoms with E-state index in [0.29, 0.717) is 12.6 Å². The predicted molar refractivity (Wildman–Crippen MR) is 99.2 cm³/mol. The standard InChI is InChI=1S/C19H21BrN2O2/c1-24-18-5-3-2-4-14(18)12-22(17-10-11-17)13-19(23)21-16-8-6-15(20)7-9-16/h2-9,17H,10-13H2,1H3,(H,21,23). The molecule has 126 valence electrons. The summed E-state index contributed by atoms with van der Waals surface area (Å²) in [5.41, 5.74) is 1.93. The van der Waals surface area contributed by atoms with E-state index in [1.807, 2.05) is 42.5 Å². The number of halogens is 1. The van der Waals surface area contributed by atoms with Crippen LogP contribution in [0.4, 0.5) is 5.69 Å². The summed E-state index contributed by atoms with van der Waals surface area (Å²) in [5, 5.41) is 2.96.